The average molecular weight is 818 g/mol. The fraction of sp³-hybridized carbons (Fsp3) is 0.375. The first-order valence-corrected chi connectivity index (χ1v) is 19.1. The van der Waals surface area contributed by atoms with Crippen molar-refractivity contribution < 1.29 is 52.8 Å². The normalized spacial score (nSPS) is 20.6. The first-order valence-electron chi connectivity index (χ1n) is 15.4. The molecule has 2 atom stereocenters. The smallest absolute Gasteiger partial charge is 0.263 e. The molecule has 0 aliphatic carbocycles. The van der Waals surface area contributed by atoms with E-state index in [9.17, 15) is 52.8 Å². The van der Waals surface area contributed by atoms with Crippen LogP contribution < -0.4 is 15.4 Å². The number of nitrogens with one attached hydrogen (secondary N) is 3. The largest absolute Gasteiger partial charge is 0.354 e. The zero-order valence-electron chi connectivity index (χ0n) is 26.8. The van der Waals surface area contributed by atoms with Crippen LogP contribution in [0.1, 0.15) is 43.2 Å². The third-order valence-electron chi connectivity index (χ3n) is 7.95. The summed E-state index contributed by atoms with van der Waals surface area (Å²) in [5.41, 5.74) is -0.00287. The molecule has 2 amide bonds. The average Bonchev–Trinajstić information content (AvgIpc) is 3.28. The standard InChI is InChI=1S/C20H19ClF4N2O3S.C12H13ClF2N2O3S/c21-15-5-7-16(8-6-15)31(29,30)27(12-13-1-3-14(4-2-13)18(22)23)17-11-20(24,25)9-10-26-19(17)28;13-8-1-3-9(4-2-8)21(19,20)17-10-7-12(14,15)5-6-16-11(10)18/h1-8,17-18H,9-12H2,(H,26,28);1-4,10,17H,5-7H2,(H,16,18)/t17-;10-/m11/s1. The molecule has 2 heterocycles. The lowest BCUT2D eigenvalue weighted by atomic mass is 10.1. The molecular weight excluding hydrogens is 785 g/mol. The van der Waals surface area contributed by atoms with E-state index in [4.69, 9.17) is 23.2 Å². The summed E-state index contributed by atoms with van der Waals surface area (Å²) in [6, 6.07) is 11.8. The van der Waals surface area contributed by atoms with Gasteiger partial charge in [-0.1, -0.05) is 47.5 Å². The maximum absolute atomic E-state index is 14.3. The van der Waals surface area contributed by atoms with E-state index < -0.39 is 94.4 Å². The highest BCUT2D eigenvalue weighted by Crippen LogP contribution is 2.33. The van der Waals surface area contributed by atoms with E-state index in [2.05, 4.69) is 10.6 Å². The molecule has 0 saturated carbocycles. The van der Waals surface area contributed by atoms with Gasteiger partial charge in [-0.25, -0.2) is 43.2 Å². The topological polar surface area (TPSA) is 142 Å². The van der Waals surface area contributed by atoms with Crippen molar-refractivity contribution in [2.75, 3.05) is 13.1 Å². The zero-order valence-corrected chi connectivity index (χ0v) is 30.0. The molecule has 0 unspecified atom stereocenters. The van der Waals surface area contributed by atoms with Crippen LogP contribution in [0.5, 0.6) is 0 Å². The van der Waals surface area contributed by atoms with Gasteiger partial charge in [0, 0.05) is 60.9 Å². The molecule has 3 N–H and O–H groups in total. The Morgan fingerprint density at radius 3 is 1.73 bits per heavy atom. The minimum Gasteiger partial charge on any atom is -0.354 e. The number of carbonyl (C=O) groups is 2. The van der Waals surface area contributed by atoms with Gasteiger partial charge in [0.2, 0.25) is 31.9 Å². The molecule has 0 radical (unpaired) electrons. The third-order valence-corrected chi connectivity index (χ3v) is 11.8. The number of sulfonamides is 2. The maximum Gasteiger partial charge on any atom is 0.263 e. The lowest BCUT2D eigenvalue weighted by Gasteiger charge is -2.30. The molecule has 2 aliphatic rings. The third kappa shape index (κ3) is 11.1. The molecule has 5 rings (SSSR count). The fourth-order valence-corrected chi connectivity index (χ4v) is 8.22. The molecule has 52 heavy (non-hydrogen) atoms. The molecule has 0 aromatic heterocycles. The van der Waals surface area contributed by atoms with Gasteiger partial charge < -0.3 is 10.6 Å². The lowest BCUT2D eigenvalue weighted by molar-refractivity contribution is -0.126. The van der Waals surface area contributed by atoms with Crippen molar-refractivity contribution in [3.8, 4) is 0 Å². The molecule has 2 aliphatic heterocycles. The summed E-state index contributed by atoms with van der Waals surface area (Å²) in [6.07, 6.45) is -5.72. The Balaban J connectivity index is 0.000000251. The van der Waals surface area contributed by atoms with Crippen LogP contribution in [0.4, 0.5) is 26.3 Å². The fourth-order valence-electron chi connectivity index (χ4n) is 5.20. The summed E-state index contributed by atoms with van der Waals surface area (Å²) >= 11 is 11.5. The van der Waals surface area contributed by atoms with Crippen molar-refractivity contribution in [3.05, 3.63) is 94.0 Å². The second kappa shape index (κ2) is 16.7. The number of hydrogen-bond donors (Lipinski definition) is 3. The van der Waals surface area contributed by atoms with Gasteiger partial charge in [-0.2, -0.15) is 9.03 Å². The molecule has 20 heteroatoms. The monoisotopic (exact) mass is 816 g/mol. The summed E-state index contributed by atoms with van der Waals surface area (Å²) in [5.74, 6) is -7.98. The Kier molecular flexibility index (Phi) is 13.3. The second-order valence-electron chi connectivity index (χ2n) is 11.9. The van der Waals surface area contributed by atoms with Crippen molar-refractivity contribution in [3.63, 3.8) is 0 Å². The van der Waals surface area contributed by atoms with Crippen molar-refractivity contribution in [2.45, 2.75) is 72.4 Å². The van der Waals surface area contributed by atoms with Crippen LogP contribution in [0.2, 0.25) is 10.0 Å². The zero-order chi connectivity index (χ0) is 38.5. The van der Waals surface area contributed by atoms with E-state index in [1.807, 2.05) is 4.72 Å². The molecule has 3 aromatic carbocycles. The minimum absolute atomic E-state index is 0.146. The van der Waals surface area contributed by atoms with Crippen LogP contribution in [0, 0.1) is 0 Å². The summed E-state index contributed by atoms with van der Waals surface area (Å²) in [5, 5.41) is 5.20. The van der Waals surface area contributed by atoms with Crippen LogP contribution in [0.3, 0.4) is 0 Å². The van der Waals surface area contributed by atoms with Gasteiger partial charge in [0.1, 0.15) is 12.1 Å². The molecule has 284 valence electrons. The number of hydrogen-bond acceptors (Lipinski definition) is 6. The van der Waals surface area contributed by atoms with E-state index in [0.717, 1.165) is 12.1 Å². The molecule has 2 saturated heterocycles. The van der Waals surface area contributed by atoms with E-state index in [1.54, 1.807) is 0 Å². The number of alkyl halides is 6. The highest BCUT2D eigenvalue weighted by molar-refractivity contribution is 7.89. The van der Waals surface area contributed by atoms with E-state index in [-0.39, 0.29) is 39.0 Å². The summed E-state index contributed by atoms with van der Waals surface area (Å²) in [4.78, 5) is 23.8. The van der Waals surface area contributed by atoms with Crippen molar-refractivity contribution in [1.82, 2.24) is 19.7 Å². The van der Waals surface area contributed by atoms with Crippen LogP contribution in [-0.2, 0) is 36.2 Å². The summed E-state index contributed by atoms with van der Waals surface area (Å²) < 4.78 is 135. The van der Waals surface area contributed by atoms with Crippen molar-refractivity contribution in [2.24, 2.45) is 0 Å². The van der Waals surface area contributed by atoms with Gasteiger partial charge in [-0.15, -0.1) is 0 Å². The summed E-state index contributed by atoms with van der Waals surface area (Å²) in [6.45, 7) is -0.937. The van der Waals surface area contributed by atoms with Gasteiger partial charge in [0.15, 0.2) is 0 Å². The second-order valence-corrected chi connectivity index (χ2v) is 16.4. The van der Waals surface area contributed by atoms with Gasteiger partial charge in [-0.3, -0.25) is 9.59 Å². The Labute approximate surface area is 306 Å². The Morgan fingerprint density at radius 2 is 1.21 bits per heavy atom. The molecular formula is C32H32Cl2F6N4O6S2. The van der Waals surface area contributed by atoms with Crippen LogP contribution in [-0.4, -0.2) is 70.0 Å². The Morgan fingerprint density at radius 1 is 0.731 bits per heavy atom. The first kappa shape index (κ1) is 41.3. The van der Waals surface area contributed by atoms with Crippen LogP contribution >= 0.6 is 23.2 Å². The molecule has 0 bridgehead atoms. The lowest BCUT2D eigenvalue weighted by Crippen LogP contribution is -2.49. The molecule has 2 fully saturated rings. The van der Waals surface area contributed by atoms with E-state index in [0.29, 0.717) is 9.33 Å². The quantitative estimate of drug-likeness (QED) is 0.229. The summed E-state index contributed by atoms with van der Waals surface area (Å²) in [7, 11) is -8.49. The van der Waals surface area contributed by atoms with Gasteiger partial charge in [-0.05, 0) is 54.1 Å². The van der Waals surface area contributed by atoms with E-state index in [1.165, 1.54) is 60.7 Å². The predicted octanol–water partition coefficient (Wildman–Crippen LogP) is 5.91. The number of halogens is 8. The van der Waals surface area contributed by atoms with Gasteiger partial charge >= 0.3 is 0 Å². The minimum atomic E-state index is -4.41. The van der Waals surface area contributed by atoms with Gasteiger partial charge in [0.05, 0.1) is 9.79 Å². The first-order chi connectivity index (χ1) is 24.2. The maximum atomic E-state index is 14.3. The number of carbonyl (C=O) groups excluding carboxylic acids is 2. The predicted molar refractivity (Wildman–Crippen MR) is 179 cm³/mol. The molecule has 0 spiro atoms. The number of amides is 2. The Bertz CT molecular complexity index is 1940. The highest BCUT2D eigenvalue weighted by Gasteiger charge is 2.45. The Hall–Kier alpha value is -3.42. The number of nitrogens with zero attached hydrogens (tertiary/aromatic N) is 1. The van der Waals surface area contributed by atoms with Crippen molar-refractivity contribution >= 4 is 55.1 Å². The SMILES string of the molecule is O=C1NCCC(F)(F)C[C@H]1N(Cc1ccc(C(F)F)cc1)S(=O)(=O)c1ccc(Cl)cc1.O=C1NCCC(F)(F)C[C@H]1NS(=O)(=O)c1ccc(Cl)cc1. The number of rotatable bonds is 9. The van der Waals surface area contributed by atoms with Crippen LogP contribution in [0.25, 0.3) is 0 Å². The van der Waals surface area contributed by atoms with Crippen molar-refractivity contribution in [1.29, 1.82) is 0 Å². The molecule has 10 nitrogen and oxygen atoms in total. The van der Waals surface area contributed by atoms with E-state index >= 15 is 0 Å². The van der Waals surface area contributed by atoms with Crippen LogP contribution in [0.15, 0.2) is 82.6 Å². The number of benzene rings is 3. The van der Waals surface area contributed by atoms with Gasteiger partial charge in [0.25, 0.3) is 18.3 Å². The molecule has 3 aromatic rings. The highest BCUT2D eigenvalue weighted by atomic mass is 35.5.